The van der Waals surface area contributed by atoms with E-state index in [0.717, 1.165) is 58.1 Å². The molecule has 0 N–H and O–H groups in total. The second kappa shape index (κ2) is 23.8. The summed E-state index contributed by atoms with van der Waals surface area (Å²) in [4.78, 5) is 46.1. The third kappa shape index (κ3) is 18.8. The van der Waals surface area contributed by atoms with Crippen LogP contribution in [0.2, 0.25) is 0 Å². The number of hydrogen-bond donors (Lipinski definition) is 0. The smallest absolute Gasteiger partial charge is 0.224 e. The molecule has 0 radical (unpaired) electrons. The molecule has 0 bridgehead atoms. The Kier molecular flexibility index (Phi) is 22.9. The third-order valence-electron chi connectivity index (χ3n) is 8.49. The molecule has 0 spiro atoms. The van der Waals surface area contributed by atoms with Gasteiger partial charge < -0.3 is 38.8 Å². The summed E-state index contributed by atoms with van der Waals surface area (Å²) in [5.41, 5.74) is 0. The van der Waals surface area contributed by atoms with E-state index < -0.39 is 0 Å². The van der Waals surface area contributed by atoms with Crippen LogP contribution < -0.4 is 0 Å². The highest BCUT2D eigenvalue weighted by Gasteiger charge is 2.18. The lowest BCUT2D eigenvalue weighted by molar-refractivity contribution is -0.131. The number of hydrogen-bond acceptors (Lipinski definition) is 8. The molecule has 10 heteroatoms. The standard InChI is InChI=1S/C32H65N5O5/c1-11-30(25-38)26-42-23-20-37(10)31(39)14-12-16-34(7)28(4)24-29(5)35(8)19-22-41-21-15-32(40)36(9)18-13-17-33(6)27(2)3/h25,27-30H,11-24,26H2,1-10H3. The lowest BCUT2D eigenvalue weighted by atomic mass is 10.1. The molecule has 0 aliphatic heterocycles. The summed E-state index contributed by atoms with van der Waals surface area (Å²) in [6, 6.07) is 1.30. The van der Waals surface area contributed by atoms with E-state index >= 15 is 0 Å². The van der Waals surface area contributed by atoms with E-state index in [1.165, 1.54) is 0 Å². The summed E-state index contributed by atoms with van der Waals surface area (Å²) in [6.07, 6.45) is 5.45. The van der Waals surface area contributed by atoms with Crippen molar-refractivity contribution in [1.82, 2.24) is 24.5 Å². The molecule has 0 aromatic heterocycles. The monoisotopic (exact) mass is 599 g/mol. The van der Waals surface area contributed by atoms with Gasteiger partial charge in [0.1, 0.15) is 6.29 Å². The normalized spacial score (nSPS) is 14.0. The number of ether oxygens (including phenoxy) is 2. The van der Waals surface area contributed by atoms with Gasteiger partial charge in [0.05, 0.1) is 32.8 Å². The summed E-state index contributed by atoms with van der Waals surface area (Å²) >= 11 is 0. The average Bonchev–Trinajstić information content (AvgIpc) is 2.95. The summed E-state index contributed by atoms with van der Waals surface area (Å²) in [6.45, 7) is 16.7. The highest BCUT2D eigenvalue weighted by atomic mass is 16.5. The molecule has 0 aromatic rings. The molecule has 0 heterocycles. The van der Waals surface area contributed by atoms with Crippen LogP contribution in [0.1, 0.15) is 73.1 Å². The molecule has 0 aromatic carbocycles. The van der Waals surface area contributed by atoms with Gasteiger partial charge in [-0.2, -0.15) is 0 Å². The molecular weight excluding hydrogens is 534 g/mol. The van der Waals surface area contributed by atoms with Crippen molar-refractivity contribution in [2.24, 2.45) is 5.92 Å². The Balaban J connectivity index is 4.07. The van der Waals surface area contributed by atoms with Gasteiger partial charge >= 0.3 is 0 Å². The highest BCUT2D eigenvalue weighted by Crippen LogP contribution is 2.11. The maximum atomic E-state index is 12.5. The van der Waals surface area contributed by atoms with Crippen LogP contribution in [0.15, 0.2) is 0 Å². The fourth-order valence-electron chi connectivity index (χ4n) is 4.38. The first kappa shape index (κ1) is 40.4. The predicted molar refractivity (Wildman–Crippen MR) is 172 cm³/mol. The minimum Gasteiger partial charge on any atom is -0.380 e. The third-order valence-corrected chi connectivity index (χ3v) is 8.49. The zero-order chi connectivity index (χ0) is 32.1. The molecule has 42 heavy (non-hydrogen) atoms. The van der Waals surface area contributed by atoms with Crippen molar-refractivity contribution in [2.45, 2.75) is 91.3 Å². The van der Waals surface area contributed by atoms with Crippen molar-refractivity contribution in [3.63, 3.8) is 0 Å². The van der Waals surface area contributed by atoms with E-state index in [9.17, 15) is 14.4 Å². The van der Waals surface area contributed by atoms with Crippen molar-refractivity contribution >= 4 is 18.1 Å². The Hall–Kier alpha value is -1.59. The molecule has 0 fully saturated rings. The minimum atomic E-state index is -0.0640. The number of carbonyl (C=O) groups excluding carboxylic acids is 3. The second-order valence-corrected chi connectivity index (χ2v) is 12.3. The first-order chi connectivity index (χ1) is 19.8. The molecule has 0 saturated carbocycles. The fraction of sp³-hybridized carbons (Fsp3) is 0.906. The van der Waals surface area contributed by atoms with Gasteiger partial charge in [0, 0.05) is 64.2 Å². The second-order valence-electron chi connectivity index (χ2n) is 12.3. The van der Waals surface area contributed by atoms with Gasteiger partial charge in [-0.05, 0) is 87.6 Å². The zero-order valence-corrected chi connectivity index (χ0v) is 28.8. The van der Waals surface area contributed by atoms with Gasteiger partial charge in [-0.1, -0.05) is 6.92 Å². The summed E-state index contributed by atoms with van der Waals surface area (Å²) in [5.74, 6) is 0.197. The molecule has 0 rings (SSSR count). The maximum absolute atomic E-state index is 12.5. The molecule has 0 aliphatic carbocycles. The van der Waals surface area contributed by atoms with Crippen LogP contribution in [-0.4, -0.2) is 155 Å². The van der Waals surface area contributed by atoms with Crippen LogP contribution in [0.3, 0.4) is 0 Å². The quantitative estimate of drug-likeness (QED) is 0.111. The van der Waals surface area contributed by atoms with E-state index in [4.69, 9.17) is 9.47 Å². The van der Waals surface area contributed by atoms with Crippen LogP contribution in [0.4, 0.5) is 0 Å². The highest BCUT2D eigenvalue weighted by molar-refractivity contribution is 5.76. The van der Waals surface area contributed by atoms with Crippen LogP contribution in [0.5, 0.6) is 0 Å². The summed E-state index contributed by atoms with van der Waals surface area (Å²) < 4.78 is 11.3. The van der Waals surface area contributed by atoms with Gasteiger partial charge in [0.2, 0.25) is 11.8 Å². The van der Waals surface area contributed by atoms with E-state index in [0.29, 0.717) is 63.9 Å². The molecule has 2 amide bonds. The lowest BCUT2D eigenvalue weighted by Crippen LogP contribution is -2.39. The van der Waals surface area contributed by atoms with E-state index in [-0.39, 0.29) is 17.7 Å². The van der Waals surface area contributed by atoms with Gasteiger partial charge in [0.15, 0.2) is 0 Å². The molecule has 10 nitrogen and oxygen atoms in total. The van der Waals surface area contributed by atoms with Gasteiger partial charge in [-0.25, -0.2) is 0 Å². The molecule has 3 unspecified atom stereocenters. The Morgan fingerprint density at radius 3 is 1.81 bits per heavy atom. The average molecular weight is 600 g/mol. The van der Waals surface area contributed by atoms with E-state index in [1.807, 2.05) is 25.9 Å². The molecule has 0 saturated heterocycles. The van der Waals surface area contributed by atoms with Gasteiger partial charge in [-0.15, -0.1) is 0 Å². The first-order valence-electron chi connectivity index (χ1n) is 16.0. The van der Waals surface area contributed by atoms with E-state index in [1.54, 1.807) is 4.90 Å². The SMILES string of the molecule is CCC(C=O)COCCN(C)C(=O)CCCN(C)C(C)CC(C)N(C)CCOCCC(=O)N(C)CCCN(C)C(C)C. The largest absolute Gasteiger partial charge is 0.380 e. The topological polar surface area (TPSA) is 85.9 Å². The van der Waals surface area contributed by atoms with E-state index in [2.05, 4.69) is 63.5 Å². The van der Waals surface area contributed by atoms with Crippen molar-refractivity contribution in [3.8, 4) is 0 Å². The Morgan fingerprint density at radius 2 is 1.21 bits per heavy atom. The van der Waals surface area contributed by atoms with Crippen LogP contribution in [0.25, 0.3) is 0 Å². The molecule has 3 atom stereocenters. The Morgan fingerprint density at radius 1 is 0.667 bits per heavy atom. The zero-order valence-electron chi connectivity index (χ0n) is 28.8. The van der Waals surface area contributed by atoms with Crippen molar-refractivity contribution in [3.05, 3.63) is 0 Å². The van der Waals surface area contributed by atoms with Crippen LogP contribution >= 0.6 is 0 Å². The van der Waals surface area contributed by atoms with Crippen LogP contribution in [-0.2, 0) is 23.9 Å². The van der Waals surface area contributed by atoms with Crippen molar-refractivity contribution in [2.75, 3.05) is 94.4 Å². The lowest BCUT2D eigenvalue weighted by Gasteiger charge is -2.31. The summed E-state index contributed by atoms with van der Waals surface area (Å²) in [7, 11) is 10.0. The fourth-order valence-corrected chi connectivity index (χ4v) is 4.38. The van der Waals surface area contributed by atoms with Crippen LogP contribution in [0, 0.1) is 5.92 Å². The number of aldehydes is 1. The minimum absolute atomic E-state index is 0.0640. The van der Waals surface area contributed by atoms with Gasteiger partial charge in [0.25, 0.3) is 0 Å². The summed E-state index contributed by atoms with van der Waals surface area (Å²) in [5, 5.41) is 0. The molecule has 248 valence electrons. The molecule has 0 aliphatic rings. The Labute approximate surface area is 258 Å². The maximum Gasteiger partial charge on any atom is 0.224 e. The number of rotatable bonds is 26. The number of amides is 2. The Bertz CT molecular complexity index is 725. The van der Waals surface area contributed by atoms with Gasteiger partial charge in [-0.3, -0.25) is 9.59 Å². The van der Waals surface area contributed by atoms with Crippen molar-refractivity contribution < 1.29 is 23.9 Å². The predicted octanol–water partition coefficient (Wildman–Crippen LogP) is 3.09. The van der Waals surface area contributed by atoms with Crippen molar-refractivity contribution in [1.29, 1.82) is 0 Å². The molecular formula is C32H65N5O5. The number of nitrogens with zero attached hydrogens (tertiary/aromatic N) is 5. The number of carbonyl (C=O) groups is 3. The first-order valence-corrected chi connectivity index (χ1v) is 16.0. The number of likely N-dealkylation sites (N-methyl/N-ethyl adjacent to an activating group) is 2.